The number of aryl methyl sites for hydroxylation is 1. The van der Waals surface area contributed by atoms with Gasteiger partial charge in [0.15, 0.2) is 5.25 Å². The number of carbonyl (C=O) groups is 1. The fourth-order valence-electron chi connectivity index (χ4n) is 2.41. The molecule has 1 atom stereocenters. The average Bonchev–Trinajstić information content (AvgIpc) is 2.61. The van der Waals surface area contributed by atoms with E-state index in [4.69, 9.17) is 4.74 Å². The van der Waals surface area contributed by atoms with Crippen molar-refractivity contribution in [3.8, 4) is 0 Å². The van der Waals surface area contributed by atoms with Crippen LogP contribution in [0.1, 0.15) is 23.4 Å². The first-order valence-electron chi connectivity index (χ1n) is 7.97. The molecule has 0 aliphatic heterocycles. The maximum atomic E-state index is 12.5. The molecule has 0 spiro atoms. The summed E-state index contributed by atoms with van der Waals surface area (Å²) in [4.78, 5) is 33.0. The van der Waals surface area contributed by atoms with Gasteiger partial charge in [0.1, 0.15) is 5.69 Å². The number of nitrogens with one attached hydrogen (secondary N) is 1. The lowest BCUT2D eigenvalue weighted by atomic mass is 10.2. The van der Waals surface area contributed by atoms with E-state index < -0.39 is 11.2 Å². The molecule has 25 heavy (non-hydrogen) atoms. The van der Waals surface area contributed by atoms with Crippen LogP contribution in [0.5, 0.6) is 0 Å². The van der Waals surface area contributed by atoms with Crippen molar-refractivity contribution in [3.63, 3.8) is 0 Å². The van der Waals surface area contributed by atoms with Gasteiger partial charge in [0.25, 0.3) is 5.56 Å². The summed E-state index contributed by atoms with van der Waals surface area (Å²) >= 11 is 1.26. The van der Waals surface area contributed by atoms with Gasteiger partial charge in [0.2, 0.25) is 0 Å². The summed E-state index contributed by atoms with van der Waals surface area (Å²) < 4.78 is 5.17. The van der Waals surface area contributed by atoms with Crippen molar-refractivity contribution in [2.75, 3.05) is 6.61 Å². The van der Waals surface area contributed by atoms with E-state index in [1.807, 2.05) is 43.3 Å². The lowest BCUT2D eigenvalue weighted by Crippen LogP contribution is -2.23. The number of benzene rings is 2. The Morgan fingerprint density at radius 2 is 1.92 bits per heavy atom. The zero-order valence-corrected chi connectivity index (χ0v) is 14.8. The second-order valence-electron chi connectivity index (χ2n) is 5.53. The van der Waals surface area contributed by atoms with Crippen LogP contribution in [-0.4, -0.2) is 22.5 Å². The molecule has 128 valence electrons. The summed E-state index contributed by atoms with van der Waals surface area (Å²) in [6, 6.07) is 15.0. The smallest absolute Gasteiger partial charge is 0.325 e. The standard InChI is InChI=1S/C19H18N2O3S/c1-3-24-19(23)17(25-13-10-8-12(2)9-11-13)16-18(22)21-15-7-5-4-6-14(15)20-16/h4-11,17H,3H2,1-2H3,(H,21,22). The summed E-state index contributed by atoms with van der Waals surface area (Å²) in [7, 11) is 0. The van der Waals surface area contributed by atoms with Crippen LogP contribution in [0.25, 0.3) is 11.0 Å². The van der Waals surface area contributed by atoms with Gasteiger partial charge in [-0.3, -0.25) is 9.59 Å². The van der Waals surface area contributed by atoms with E-state index in [-0.39, 0.29) is 17.9 Å². The fraction of sp³-hybridized carbons (Fsp3) is 0.211. The number of thioether (sulfide) groups is 1. The normalized spacial score (nSPS) is 12.1. The van der Waals surface area contributed by atoms with Crippen molar-refractivity contribution in [2.24, 2.45) is 0 Å². The number of ether oxygens (including phenoxy) is 1. The Balaban J connectivity index is 2.04. The summed E-state index contributed by atoms with van der Waals surface area (Å²) in [5, 5.41) is -0.823. The van der Waals surface area contributed by atoms with Crippen molar-refractivity contribution in [1.29, 1.82) is 0 Å². The predicted octanol–water partition coefficient (Wildman–Crippen LogP) is 3.63. The summed E-state index contributed by atoms with van der Waals surface area (Å²) in [5.41, 5.74) is 2.17. The number of para-hydroxylation sites is 2. The summed E-state index contributed by atoms with van der Waals surface area (Å²) in [6.07, 6.45) is 0. The molecule has 2 aromatic carbocycles. The minimum atomic E-state index is -0.823. The molecular formula is C19H18N2O3S. The maximum absolute atomic E-state index is 12.5. The molecule has 3 rings (SSSR count). The van der Waals surface area contributed by atoms with Crippen molar-refractivity contribution in [3.05, 3.63) is 70.1 Å². The van der Waals surface area contributed by atoms with Crippen molar-refractivity contribution in [1.82, 2.24) is 9.97 Å². The predicted molar refractivity (Wildman–Crippen MR) is 98.8 cm³/mol. The van der Waals surface area contributed by atoms with Gasteiger partial charge < -0.3 is 9.72 Å². The Morgan fingerprint density at radius 3 is 2.64 bits per heavy atom. The Kier molecular flexibility index (Phi) is 5.19. The molecule has 0 saturated carbocycles. The monoisotopic (exact) mass is 354 g/mol. The van der Waals surface area contributed by atoms with Crippen molar-refractivity contribution < 1.29 is 9.53 Å². The van der Waals surface area contributed by atoms with E-state index >= 15 is 0 Å². The minimum absolute atomic E-state index is 0.155. The number of fused-ring (bicyclic) bond motifs is 1. The molecule has 1 heterocycles. The number of hydrogen-bond acceptors (Lipinski definition) is 5. The van der Waals surface area contributed by atoms with E-state index in [9.17, 15) is 9.59 Å². The molecule has 0 bridgehead atoms. The van der Waals surface area contributed by atoms with Gasteiger partial charge in [0.05, 0.1) is 17.6 Å². The molecule has 1 aromatic heterocycles. The number of H-pyrrole nitrogens is 1. The van der Waals surface area contributed by atoms with Crippen LogP contribution in [0.15, 0.2) is 58.2 Å². The molecule has 0 amide bonds. The number of rotatable bonds is 5. The van der Waals surface area contributed by atoms with Crippen LogP contribution in [0.2, 0.25) is 0 Å². The van der Waals surface area contributed by atoms with Crippen LogP contribution >= 0.6 is 11.8 Å². The second-order valence-corrected chi connectivity index (χ2v) is 6.71. The number of hydrogen-bond donors (Lipinski definition) is 1. The summed E-state index contributed by atoms with van der Waals surface area (Å²) in [6.45, 7) is 3.98. The number of esters is 1. The maximum Gasteiger partial charge on any atom is 0.325 e. The number of aromatic nitrogens is 2. The van der Waals surface area contributed by atoms with Crippen LogP contribution in [0.3, 0.4) is 0 Å². The highest BCUT2D eigenvalue weighted by atomic mass is 32.2. The van der Waals surface area contributed by atoms with Gasteiger partial charge in [-0.1, -0.05) is 29.8 Å². The number of aromatic amines is 1. The van der Waals surface area contributed by atoms with Gasteiger partial charge in [-0.15, -0.1) is 11.8 Å². The van der Waals surface area contributed by atoms with Gasteiger partial charge in [0, 0.05) is 4.90 Å². The molecule has 0 saturated heterocycles. The fourth-order valence-corrected chi connectivity index (χ4v) is 3.41. The minimum Gasteiger partial charge on any atom is -0.465 e. The Hall–Kier alpha value is -2.60. The molecule has 3 aromatic rings. The molecule has 0 fully saturated rings. The summed E-state index contributed by atoms with van der Waals surface area (Å²) in [5.74, 6) is -0.471. The van der Waals surface area contributed by atoms with Gasteiger partial charge in [-0.25, -0.2) is 4.98 Å². The first-order valence-corrected chi connectivity index (χ1v) is 8.85. The first-order chi connectivity index (χ1) is 12.1. The lowest BCUT2D eigenvalue weighted by Gasteiger charge is -2.15. The second kappa shape index (κ2) is 7.53. The van der Waals surface area contributed by atoms with E-state index in [1.165, 1.54) is 11.8 Å². The molecule has 0 aliphatic carbocycles. The third-order valence-electron chi connectivity index (χ3n) is 3.65. The third kappa shape index (κ3) is 3.91. The molecule has 0 radical (unpaired) electrons. The van der Waals surface area contributed by atoms with Crippen LogP contribution in [0.4, 0.5) is 0 Å². The molecule has 5 nitrogen and oxygen atoms in total. The molecule has 1 unspecified atom stereocenters. The van der Waals surface area contributed by atoms with Crippen LogP contribution in [0, 0.1) is 6.92 Å². The SMILES string of the molecule is CCOC(=O)C(Sc1ccc(C)cc1)c1nc2ccccc2[nH]c1=O. The highest BCUT2D eigenvalue weighted by molar-refractivity contribution is 8.00. The zero-order chi connectivity index (χ0) is 17.8. The van der Waals surface area contributed by atoms with Gasteiger partial charge in [-0.2, -0.15) is 0 Å². The zero-order valence-electron chi connectivity index (χ0n) is 14.0. The van der Waals surface area contributed by atoms with Gasteiger partial charge >= 0.3 is 5.97 Å². The highest BCUT2D eigenvalue weighted by Gasteiger charge is 2.28. The first kappa shape index (κ1) is 17.2. The Bertz CT molecular complexity index is 951. The molecule has 0 aliphatic rings. The molecule has 1 N–H and O–H groups in total. The Labute approximate surface area is 149 Å². The lowest BCUT2D eigenvalue weighted by molar-refractivity contribution is -0.142. The average molecular weight is 354 g/mol. The number of carbonyl (C=O) groups excluding carboxylic acids is 1. The molecular weight excluding hydrogens is 336 g/mol. The van der Waals surface area contributed by atoms with Crippen LogP contribution in [-0.2, 0) is 9.53 Å². The number of nitrogens with zero attached hydrogens (tertiary/aromatic N) is 1. The van der Waals surface area contributed by atoms with Crippen LogP contribution < -0.4 is 5.56 Å². The van der Waals surface area contributed by atoms with Crippen molar-refractivity contribution >= 4 is 28.8 Å². The Morgan fingerprint density at radius 1 is 1.20 bits per heavy atom. The topological polar surface area (TPSA) is 72.0 Å². The highest BCUT2D eigenvalue weighted by Crippen LogP contribution is 2.34. The van der Waals surface area contributed by atoms with Crippen molar-refractivity contribution in [2.45, 2.75) is 24.0 Å². The molecule has 6 heteroatoms. The third-order valence-corrected chi connectivity index (χ3v) is 4.85. The van der Waals surface area contributed by atoms with E-state index in [0.29, 0.717) is 11.0 Å². The van der Waals surface area contributed by atoms with E-state index in [1.54, 1.807) is 19.1 Å². The van der Waals surface area contributed by atoms with E-state index in [0.717, 1.165) is 10.5 Å². The van der Waals surface area contributed by atoms with Gasteiger partial charge in [-0.05, 0) is 38.1 Å². The van der Waals surface area contributed by atoms with E-state index in [2.05, 4.69) is 9.97 Å². The quantitative estimate of drug-likeness (QED) is 0.559. The largest absolute Gasteiger partial charge is 0.465 e.